The van der Waals surface area contributed by atoms with E-state index >= 15 is 0 Å². The molecule has 2 nitrogen and oxygen atoms in total. The van der Waals surface area contributed by atoms with Crippen LogP contribution in [0.4, 0.5) is 0 Å². The van der Waals surface area contributed by atoms with Crippen molar-refractivity contribution < 1.29 is 0 Å². The van der Waals surface area contributed by atoms with Crippen LogP contribution in [0.1, 0.15) is 19.8 Å². The van der Waals surface area contributed by atoms with E-state index in [-0.39, 0.29) is 0 Å². The predicted molar refractivity (Wildman–Crippen MR) is 48.8 cm³/mol. The summed E-state index contributed by atoms with van der Waals surface area (Å²) in [6.45, 7) is 7.52. The van der Waals surface area contributed by atoms with E-state index in [0.717, 1.165) is 17.9 Å². The van der Waals surface area contributed by atoms with Crippen LogP contribution >= 0.6 is 0 Å². The largest absolute Gasteiger partial charge is 0.291 e. The summed E-state index contributed by atoms with van der Waals surface area (Å²) in [6, 6.07) is 0.984. The van der Waals surface area contributed by atoms with Gasteiger partial charge in [0.2, 0.25) is 0 Å². The predicted octanol–water partition coefficient (Wildman–Crippen LogP) is 0.990. The Morgan fingerprint density at radius 3 is 3.17 bits per heavy atom. The van der Waals surface area contributed by atoms with Crippen LogP contribution in [0.3, 0.4) is 0 Å². The van der Waals surface area contributed by atoms with E-state index in [1.807, 2.05) is 0 Å². The summed E-state index contributed by atoms with van der Waals surface area (Å²) < 4.78 is 0. The molecule has 3 atom stereocenters. The topological polar surface area (TPSA) is 6.48 Å². The average molecular weight is 166 g/mol. The number of fused-ring (bicyclic) bond motifs is 3. The zero-order valence-electron chi connectivity index (χ0n) is 7.87. The normalized spacial score (nSPS) is 47.2. The summed E-state index contributed by atoms with van der Waals surface area (Å²) in [6.07, 6.45) is 2.99. The second kappa shape index (κ2) is 2.46. The molecule has 3 rings (SSSR count). The first-order valence-corrected chi connectivity index (χ1v) is 5.35. The van der Waals surface area contributed by atoms with Gasteiger partial charge in [-0.15, -0.1) is 0 Å². The molecule has 0 bridgehead atoms. The molecule has 0 radical (unpaired) electrons. The zero-order valence-corrected chi connectivity index (χ0v) is 7.87. The minimum absolute atomic E-state index is 0.984. The van der Waals surface area contributed by atoms with Crippen molar-refractivity contribution in [2.75, 3.05) is 26.3 Å². The van der Waals surface area contributed by atoms with Crippen LogP contribution < -0.4 is 0 Å². The van der Waals surface area contributed by atoms with Crippen LogP contribution in [-0.4, -0.2) is 42.1 Å². The van der Waals surface area contributed by atoms with E-state index in [4.69, 9.17) is 0 Å². The van der Waals surface area contributed by atoms with Crippen LogP contribution in [0.25, 0.3) is 0 Å². The molecule has 2 aliphatic heterocycles. The lowest BCUT2D eigenvalue weighted by Crippen LogP contribution is -2.49. The van der Waals surface area contributed by atoms with Crippen molar-refractivity contribution in [2.24, 2.45) is 11.8 Å². The van der Waals surface area contributed by atoms with Gasteiger partial charge in [-0.25, -0.2) is 0 Å². The Hall–Kier alpha value is -0.0800. The lowest BCUT2D eigenvalue weighted by Gasteiger charge is -2.38. The number of nitrogens with zero attached hydrogens (tertiary/aromatic N) is 2. The average Bonchev–Trinajstić information content (AvgIpc) is 2.78. The monoisotopic (exact) mass is 166 g/mol. The van der Waals surface area contributed by atoms with Crippen molar-refractivity contribution in [1.82, 2.24) is 9.80 Å². The van der Waals surface area contributed by atoms with Crippen molar-refractivity contribution in [3.63, 3.8) is 0 Å². The first kappa shape index (κ1) is 7.34. The summed E-state index contributed by atoms with van der Waals surface area (Å²) in [5.74, 6) is 2.22. The summed E-state index contributed by atoms with van der Waals surface area (Å²) >= 11 is 0. The third-order valence-corrected chi connectivity index (χ3v) is 3.98. The number of hydrogen-bond donors (Lipinski definition) is 0. The van der Waals surface area contributed by atoms with Crippen LogP contribution in [0, 0.1) is 11.8 Å². The van der Waals surface area contributed by atoms with Crippen molar-refractivity contribution in [3.8, 4) is 0 Å². The second-order valence-corrected chi connectivity index (χ2v) is 4.64. The van der Waals surface area contributed by atoms with Crippen LogP contribution in [0.15, 0.2) is 0 Å². The first-order chi connectivity index (χ1) is 5.88. The number of rotatable bonds is 1. The van der Waals surface area contributed by atoms with Gasteiger partial charge in [0.25, 0.3) is 0 Å². The highest BCUT2D eigenvalue weighted by Crippen LogP contribution is 2.51. The molecular weight excluding hydrogens is 148 g/mol. The van der Waals surface area contributed by atoms with E-state index in [9.17, 15) is 0 Å². The molecule has 1 saturated carbocycles. The van der Waals surface area contributed by atoms with Crippen molar-refractivity contribution in [2.45, 2.75) is 25.8 Å². The quantitative estimate of drug-likeness (QED) is 0.573. The molecule has 0 aromatic carbocycles. The number of piperidine rings is 1. The summed E-state index contributed by atoms with van der Waals surface area (Å²) in [5.41, 5.74) is 0. The molecule has 0 aromatic heterocycles. The fourth-order valence-corrected chi connectivity index (χ4v) is 3.12. The maximum Gasteiger partial charge on any atom is 0.0509 e. The van der Waals surface area contributed by atoms with E-state index in [1.54, 1.807) is 6.42 Å². The molecule has 2 heteroatoms. The highest BCUT2D eigenvalue weighted by atomic mass is 15.4. The van der Waals surface area contributed by atoms with Gasteiger partial charge < -0.3 is 0 Å². The van der Waals surface area contributed by atoms with Gasteiger partial charge in [-0.3, -0.25) is 9.80 Å². The van der Waals surface area contributed by atoms with E-state index in [1.165, 1.54) is 32.7 Å². The fraction of sp³-hybridized carbons (Fsp3) is 1.00. The van der Waals surface area contributed by atoms with Crippen molar-refractivity contribution >= 4 is 0 Å². The van der Waals surface area contributed by atoms with Crippen LogP contribution in [-0.2, 0) is 0 Å². The Labute approximate surface area is 74.5 Å². The molecule has 1 aliphatic carbocycles. The molecule has 0 amide bonds. The van der Waals surface area contributed by atoms with Gasteiger partial charge in [0.15, 0.2) is 0 Å². The molecule has 3 aliphatic rings. The third-order valence-electron chi connectivity index (χ3n) is 3.98. The Morgan fingerprint density at radius 2 is 2.33 bits per heavy atom. The van der Waals surface area contributed by atoms with Gasteiger partial charge in [0.1, 0.15) is 0 Å². The Kier molecular flexibility index (Phi) is 1.50. The molecule has 2 saturated heterocycles. The van der Waals surface area contributed by atoms with Crippen molar-refractivity contribution in [3.05, 3.63) is 0 Å². The third kappa shape index (κ3) is 0.944. The number of hydrogen-bond acceptors (Lipinski definition) is 2. The second-order valence-electron chi connectivity index (χ2n) is 4.64. The highest BCUT2D eigenvalue weighted by Gasteiger charge is 2.53. The maximum absolute atomic E-state index is 2.71. The molecule has 0 spiro atoms. The summed E-state index contributed by atoms with van der Waals surface area (Å²) in [7, 11) is 0. The highest BCUT2D eigenvalue weighted by molar-refractivity contribution is 5.05. The molecule has 68 valence electrons. The van der Waals surface area contributed by atoms with Gasteiger partial charge in [0, 0.05) is 19.1 Å². The lowest BCUT2D eigenvalue weighted by molar-refractivity contribution is 0.0548. The zero-order chi connectivity index (χ0) is 8.13. The van der Waals surface area contributed by atoms with Crippen LogP contribution in [0.5, 0.6) is 0 Å². The molecular formula is C10H18N2. The Bertz CT molecular complexity index is 192. The SMILES string of the molecule is CCN1CCC2C3CC3CN2C1. The molecule has 3 fully saturated rings. The minimum atomic E-state index is 0.984. The van der Waals surface area contributed by atoms with Gasteiger partial charge in [-0.1, -0.05) is 6.92 Å². The van der Waals surface area contributed by atoms with E-state index in [2.05, 4.69) is 16.7 Å². The Morgan fingerprint density at radius 1 is 1.42 bits per heavy atom. The van der Waals surface area contributed by atoms with Crippen molar-refractivity contribution in [1.29, 1.82) is 0 Å². The fourth-order valence-electron chi connectivity index (χ4n) is 3.12. The first-order valence-electron chi connectivity index (χ1n) is 5.35. The van der Waals surface area contributed by atoms with E-state index < -0.39 is 0 Å². The van der Waals surface area contributed by atoms with Crippen LogP contribution in [0.2, 0.25) is 0 Å². The minimum Gasteiger partial charge on any atom is -0.291 e. The molecule has 0 aromatic rings. The van der Waals surface area contributed by atoms with Gasteiger partial charge >= 0.3 is 0 Å². The summed E-state index contributed by atoms with van der Waals surface area (Å²) in [5, 5.41) is 0. The summed E-state index contributed by atoms with van der Waals surface area (Å²) in [4.78, 5) is 5.28. The maximum atomic E-state index is 2.71. The Balaban J connectivity index is 1.68. The van der Waals surface area contributed by atoms with Gasteiger partial charge in [-0.2, -0.15) is 0 Å². The molecule has 2 heterocycles. The smallest absolute Gasteiger partial charge is 0.0509 e. The van der Waals surface area contributed by atoms with E-state index in [0.29, 0.717) is 0 Å². The van der Waals surface area contributed by atoms with Gasteiger partial charge in [0.05, 0.1) is 6.67 Å². The molecule has 12 heavy (non-hydrogen) atoms. The lowest BCUT2D eigenvalue weighted by atomic mass is 10.1. The van der Waals surface area contributed by atoms with Gasteiger partial charge in [-0.05, 0) is 31.2 Å². The molecule has 0 N–H and O–H groups in total. The molecule has 3 unspecified atom stereocenters. The standard InChI is InChI=1S/C10H18N2/c1-2-11-4-3-10-9-5-8(9)6-12(10)7-11/h8-10H,2-7H2,1H3.